The number of hydrogen-bond donors (Lipinski definition) is 1. The summed E-state index contributed by atoms with van der Waals surface area (Å²) in [5.74, 6) is 1.85. The normalized spacial score (nSPS) is 10.8. The minimum Gasteiger partial charge on any atom is -0.314 e. The van der Waals surface area contributed by atoms with Gasteiger partial charge in [-0.1, -0.05) is 18.5 Å². The van der Waals surface area contributed by atoms with Gasteiger partial charge in [0.05, 0.1) is 10.7 Å². The molecule has 0 fully saturated rings. The molecule has 0 atom stereocenters. The third-order valence-electron chi connectivity index (χ3n) is 2.53. The van der Waals surface area contributed by atoms with Gasteiger partial charge in [0, 0.05) is 25.4 Å². The molecule has 5 heteroatoms. The highest BCUT2D eigenvalue weighted by molar-refractivity contribution is 6.31. The average Bonchev–Trinajstić information content (AvgIpc) is 2.80. The topological polar surface area (TPSA) is 42.7 Å². The van der Waals surface area contributed by atoms with Crippen molar-refractivity contribution < 1.29 is 0 Å². The summed E-state index contributed by atoms with van der Waals surface area (Å²) < 4.78 is 1.98. The molecule has 2 aromatic heterocycles. The van der Waals surface area contributed by atoms with Gasteiger partial charge in [-0.15, -0.1) is 0 Å². The summed E-state index contributed by atoms with van der Waals surface area (Å²) in [5, 5.41) is 3.74. The van der Waals surface area contributed by atoms with Gasteiger partial charge < -0.3 is 5.32 Å². The molecule has 17 heavy (non-hydrogen) atoms. The molecule has 2 aromatic rings. The van der Waals surface area contributed by atoms with E-state index in [-0.39, 0.29) is 0 Å². The Kier molecular flexibility index (Phi) is 3.76. The summed E-state index contributed by atoms with van der Waals surface area (Å²) in [4.78, 5) is 8.83. The fourth-order valence-corrected chi connectivity index (χ4v) is 1.87. The van der Waals surface area contributed by atoms with Crippen LogP contribution < -0.4 is 5.32 Å². The zero-order valence-electron chi connectivity index (χ0n) is 9.94. The summed E-state index contributed by atoms with van der Waals surface area (Å²) in [6.45, 7) is 2.73. The number of aryl methyl sites for hydroxylation is 1. The molecule has 0 unspecified atom stereocenters. The molecule has 0 aromatic carbocycles. The van der Waals surface area contributed by atoms with E-state index in [9.17, 15) is 0 Å². The first kappa shape index (κ1) is 12.1. The second kappa shape index (κ2) is 5.29. The number of aromatic nitrogens is 3. The van der Waals surface area contributed by atoms with Gasteiger partial charge >= 0.3 is 0 Å². The lowest BCUT2D eigenvalue weighted by molar-refractivity contribution is 0.777. The summed E-state index contributed by atoms with van der Waals surface area (Å²) >= 11 is 6.08. The maximum Gasteiger partial charge on any atom is 0.138 e. The SMILES string of the molecule is CCc1nccn1-c1ccc(Cl)c(CNC)n1. The first-order valence-corrected chi connectivity index (χ1v) is 5.96. The molecule has 0 amide bonds. The van der Waals surface area contributed by atoms with Crippen molar-refractivity contribution in [1.29, 1.82) is 0 Å². The van der Waals surface area contributed by atoms with Crippen LogP contribution in [-0.2, 0) is 13.0 Å². The number of nitrogens with zero attached hydrogens (tertiary/aromatic N) is 3. The molecule has 2 heterocycles. The van der Waals surface area contributed by atoms with E-state index in [0.717, 1.165) is 23.8 Å². The van der Waals surface area contributed by atoms with Crippen molar-refractivity contribution in [2.24, 2.45) is 0 Å². The number of nitrogens with one attached hydrogen (secondary N) is 1. The fourth-order valence-electron chi connectivity index (χ4n) is 1.70. The van der Waals surface area contributed by atoms with Crippen molar-refractivity contribution >= 4 is 11.6 Å². The Morgan fingerprint density at radius 2 is 2.24 bits per heavy atom. The Balaban J connectivity index is 2.42. The summed E-state index contributed by atoms with van der Waals surface area (Å²) in [5.41, 5.74) is 0.849. The third kappa shape index (κ3) is 2.48. The van der Waals surface area contributed by atoms with Crippen molar-refractivity contribution in [3.8, 4) is 5.82 Å². The lowest BCUT2D eigenvalue weighted by Crippen LogP contribution is -2.10. The second-order valence-electron chi connectivity index (χ2n) is 3.70. The van der Waals surface area contributed by atoms with E-state index >= 15 is 0 Å². The van der Waals surface area contributed by atoms with E-state index in [0.29, 0.717) is 11.6 Å². The molecule has 4 nitrogen and oxygen atoms in total. The van der Waals surface area contributed by atoms with E-state index in [1.165, 1.54) is 0 Å². The Morgan fingerprint density at radius 3 is 2.94 bits per heavy atom. The lowest BCUT2D eigenvalue weighted by atomic mass is 10.3. The molecule has 2 rings (SSSR count). The highest BCUT2D eigenvalue weighted by Crippen LogP contribution is 2.17. The first-order chi connectivity index (χ1) is 8.26. The van der Waals surface area contributed by atoms with Crippen molar-refractivity contribution in [2.45, 2.75) is 19.9 Å². The van der Waals surface area contributed by atoms with Crippen LogP contribution in [0.3, 0.4) is 0 Å². The Hall–Kier alpha value is -1.39. The average molecular weight is 251 g/mol. The first-order valence-electron chi connectivity index (χ1n) is 5.59. The molecule has 1 N–H and O–H groups in total. The van der Waals surface area contributed by atoms with Crippen LogP contribution in [0.5, 0.6) is 0 Å². The van der Waals surface area contributed by atoms with Gasteiger partial charge in [-0.3, -0.25) is 4.57 Å². The lowest BCUT2D eigenvalue weighted by Gasteiger charge is -2.09. The van der Waals surface area contributed by atoms with Crippen LogP contribution in [-0.4, -0.2) is 21.6 Å². The molecule has 0 saturated carbocycles. The van der Waals surface area contributed by atoms with E-state index in [4.69, 9.17) is 11.6 Å². The Bertz CT molecular complexity index is 507. The van der Waals surface area contributed by atoms with Crippen LogP contribution >= 0.6 is 11.6 Å². The predicted octanol–water partition coefficient (Wildman–Crippen LogP) is 2.20. The van der Waals surface area contributed by atoms with Gasteiger partial charge in [0.1, 0.15) is 11.6 Å². The van der Waals surface area contributed by atoms with Crippen molar-refractivity contribution in [3.63, 3.8) is 0 Å². The van der Waals surface area contributed by atoms with Crippen LogP contribution in [0.2, 0.25) is 5.02 Å². The van der Waals surface area contributed by atoms with E-state index in [1.807, 2.05) is 29.9 Å². The molecular formula is C12H15ClN4. The molecule has 0 radical (unpaired) electrons. The summed E-state index contributed by atoms with van der Waals surface area (Å²) in [7, 11) is 1.87. The molecular weight excluding hydrogens is 236 g/mol. The molecule has 90 valence electrons. The number of rotatable bonds is 4. The fraction of sp³-hybridized carbons (Fsp3) is 0.333. The van der Waals surface area contributed by atoms with Gasteiger partial charge in [0.25, 0.3) is 0 Å². The van der Waals surface area contributed by atoms with Gasteiger partial charge in [-0.25, -0.2) is 9.97 Å². The van der Waals surface area contributed by atoms with Crippen LogP contribution in [0.1, 0.15) is 18.4 Å². The predicted molar refractivity (Wildman–Crippen MR) is 68.5 cm³/mol. The smallest absolute Gasteiger partial charge is 0.138 e. The Morgan fingerprint density at radius 1 is 1.41 bits per heavy atom. The van der Waals surface area contributed by atoms with Crippen molar-refractivity contribution in [1.82, 2.24) is 19.9 Å². The van der Waals surface area contributed by atoms with Crippen molar-refractivity contribution in [3.05, 3.63) is 41.1 Å². The summed E-state index contributed by atoms with van der Waals surface area (Å²) in [6, 6.07) is 3.78. The van der Waals surface area contributed by atoms with Gasteiger partial charge in [0.15, 0.2) is 0 Å². The van der Waals surface area contributed by atoms with Crippen LogP contribution in [0, 0.1) is 0 Å². The quantitative estimate of drug-likeness (QED) is 0.905. The van der Waals surface area contributed by atoms with Gasteiger partial charge in [-0.2, -0.15) is 0 Å². The molecule has 0 aliphatic rings. The number of imidazole rings is 1. The van der Waals surface area contributed by atoms with Gasteiger partial charge in [-0.05, 0) is 19.2 Å². The maximum atomic E-state index is 6.08. The van der Waals surface area contributed by atoms with Crippen LogP contribution in [0.25, 0.3) is 5.82 Å². The molecule has 0 aliphatic heterocycles. The minimum atomic E-state index is 0.656. The highest BCUT2D eigenvalue weighted by atomic mass is 35.5. The van der Waals surface area contributed by atoms with E-state index < -0.39 is 0 Å². The molecule has 0 spiro atoms. The minimum absolute atomic E-state index is 0.656. The largest absolute Gasteiger partial charge is 0.314 e. The third-order valence-corrected chi connectivity index (χ3v) is 2.87. The van der Waals surface area contributed by atoms with Crippen molar-refractivity contribution in [2.75, 3.05) is 7.05 Å². The second-order valence-corrected chi connectivity index (χ2v) is 4.10. The van der Waals surface area contributed by atoms with Gasteiger partial charge in [0.2, 0.25) is 0 Å². The highest BCUT2D eigenvalue weighted by Gasteiger charge is 2.07. The zero-order chi connectivity index (χ0) is 12.3. The Labute approximate surface area is 106 Å². The number of pyridine rings is 1. The summed E-state index contributed by atoms with van der Waals surface area (Å²) in [6.07, 6.45) is 4.57. The maximum absolute atomic E-state index is 6.08. The monoisotopic (exact) mass is 250 g/mol. The molecule has 0 aliphatic carbocycles. The standard InChI is InChI=1S/C12H15ClN4/c1-3-11-15-6-7-17(11)12-5-4-9(13)10(16-12)8-14-2/h4-7,14H,3,8H2,1-2H3. The van der Waals surface area contributed by atoms with E-state index in [1.54, 1.807) is 6.20 Å². The molecule has 0 bridgehead atoms. The van der Waals surface area contributed by atoms with E-state index in [2.05, 4.69) is 22.2 Å². The molecule has 0 saturated heterocycles. The zero-order valence-corrected chi connectivity index (χ0v) is 10.7. The van der Waals surface area contributed by atoms with Crippen LogP contribution in [0.4, 0.5) is 0 Å². The number of hydrogen-bond acceptors (Lipinski definition) is 3. The number of halogens is 1. The van der Waals surface area contributed by atoms with Crippen LogP contribution in [0.15, 0.2) is 24.5 Å².